The third kappa shape index (κ3) is 3.87. The number of nitrogens with one attached hydrogen (secondary N) is 2. The molecule has 2 N–H and O–H groups in total. The smallest absolute Gasteiger partial charge is 0.336 e. The quantitative estimate of drug-likeness (QED) is 0.290. The van der Waals surface area contributed by atoms with Crippen molar-refractivity contribution in [3.8, 4) is 11.5 Å². The van der Waals surface area contributed by atoms with Crippen LogP contribution in [-0.4, -0.2) is 25.2 Å². The van der Waals surface area contributed by atoms with Gasteiger partial charge in [0.25, 0.3) is 5.56 Å². The third-order valence-electron chi connectivity index (χ3n) is 4.85. The Kier molecular flexibility index (Phi) is 5.67. The first kappa shape index (κ1) is 20.9. The van der Waals surface area contributed by atoms with Gasteiger partial charge in [-0.15, -0.1) is 0 Å². The molecule has 31 heavy (non-hydrogen) atoms. The van der Waals surface area contributed by atoms with Gasteiger partial charge in [-0.1, -0.05) is 42.6 Å². The number of carbonyl (C=O) groups is 1. The summed E-state index contributed by atoms with van der Waals surface area (Å²) in [7, 11) is 2.96. The number of halogens is 1. The molecule has 0 aliphatic heterocycles. The van der Waals surface area contributed by atoms with E-state index in [-0.39, 0.29) is 5.56 Å². The van der Waals surface area contributed by atoms with Gasteiger partial charge < -0.3 is 19.8 Å². The number of benzene rings is 3. The highest BCUT2D eigenvalue weighted by molar-refractivity contribution is 7.82. The maximum Gasteiger partial charge on any atom is 0.336 e. The normalized spacial score (nSPS) is 10.8. The number of hydrogen-bond donors (Lipinski definition) is 3. The molecule has 1 aromatic heterocycles. The summed E-state index contributed by atoms with van der Waals surface area (Å²) in [6.07, 6.45) is 0. The summed E-state index contributed by atoms with van der Waals surface area (Å²) in [5.74, 6) is 0.785. The highest BCUT2D eigenvalue weighted by atomic mass is 35.5. The second-order valence-electron chi connectivity index (χ2n) is 6.66. The lowest BCUT2D eigenvalue weighted by Gasteiger charge is -2.20. The van der Waals surface area contributed by atoms with Crippen LogP contribution in [0.1, 0.15) is 0 Å². The monoisotopic (exact) mass is 455 g/mol. The van der Waals surface area contributed by atoms with Crippen LogP contribution in [0.2, 0.25) is 5.02 Å². The number of nitrogens with zero attached hydrogens (tertiary/aromatic N) is 1. The molecule has 0 bridgehead atoms. The standard InChI is InChI=1S/C22H18ClN3O4S/c1-29-19-11-20(30-2)18(10-16(19)23)26(31)22(28)24-12-7-8-17-15(9-12)13-5-3-4-6-14(13)21(27)25-17/h3-11,31H,1-2H3,(H,24,28)(H,25,27). The second-order valence-corrected chi connectivity index (χ2v) is 7.47. The van der Waals surface area contributed by atoms with Crippen molar-refractivity contribution in [1.82, 2.24) is 4.98 Å². The van der Waals surface area contributed by atoms with Gasteiger partial charge in [0, 0.05) is 28.0 Å². The van der Waals surface area contributed by atoms with E-state index in [0.717, 1.165) is 15.1 Å². The topological polar surface area (TPSA) is 83.7 Å². The van der Waals surface area contributed by atoms with Gasteiger partial charge in [0.15, 0.2) is 0 Å². The number of carbonyl (C=O) groups excluding carboxylic acids is 1. The predicted molar refractivity (Wildman–Crippen MR) is 127 cm³/mol. The summed E-state index contributed by atoms with van der Waals surface area (Å²) in [6, 6.07) is 15.1. The highest BCUT2D eigenvalue weighted by Gasteiger charge is 2.20. The molecule has 4 rings (SSSR count). The van der Waals surface area contributed by atoms with Gasteiger partial charge in [0.1, 0.15) is 17.2 Å². The van der Waals surface area contributed by atoms with E-state index >= 15 is 0 Å². The molecule has 158 valence electrons. The van der Waals surface area contributed by atoms with Crippen LogP contribution in [0.4, 0.5) is 16.2 Å². The van der Waals surface area contributed by atoms with Crippen LogP contribution < -0.4 is 24.7 Å². The van der Waals surface area contributed by atoms with E-state index in [1.54, 1.807) is 36.4 Å². The van der Waals surface area contributed by atoms with E-state index in [2.05, 4.69) is 23.1 Å². The first-order valence-corrected chi connectivity index (χ1v) is 9.97. The van der Waals surface area contributed by atoms with Crippen LogP contribution in [-0.2, 0) is 0 Å². The molecule has 0 spiro atoms. The Morgan fingerprint density at radius 1 is 1.00 bits per heavy atom. The van der Waals surface area contributed by atoms with Gasteiger partial charge in [-0.3, -0.25) is 4.79 Å². The minimum atomic E-state index is -0.518. The highest BCUT2D eigenvalue weighted by Crippen LogP contribution is 2.39. The van der Waals surface area contributed by atoms with Crippen LogP contribution in [0, 0.1) is 0 Å². The minimum Gasteiger partial charge on any atom is -0.495 e. The number of rotatable bonds is 4. The molecule has 0 saturated carbocycles. The first-order chi connectivity index (χ1) is 14.9. The summed E-state index contributed by atoms with van der Waals surface area (Å²) in [5.41, 5.74) is 1.40. The summed E-state index contributed by atoms with van der Waals surface area (Å²) in [4.78, 5) is 28.0. The van der Waals surface area contributed by atoms with Crippen LogP contribution >= 0.6 is 24.4 Å². The van der Waals surface area contributed by atoms with Gasteiger partial charge in [-0.05, 0) is 35.7 Å². The Morgan fingerprint density at radius 2 is 1.71 bits per heavy atom. The molecule has 0 atom stereocenters. The van der Waals surface area contributed by atoms with E-state index in [9.17, 15) is 9.59 Å². The lowest BCUT2D eigenvalue weighted by atomic mass is 10.1. The Morgan fingerprint density at radius 3 is 2.42 bits per heavy atom. The van der Waals surface area contributed by atoms with Crippen LogP contribution in [0.15, 0.2) is 59.4 Å². The molecule has 3 aromatic carbocycles. The molecular weight excluding hydrogens is 438 g/mol. The summed E-state index contributed by atoms with van der Waals surface area (Å²) in [5, 5.41) is 5.29. The predicted octanol–water partition coefficient (Wildman–Crippen LogP) is 5.24. The molecule has 0 fully saturated rings. The third-order valence-corrected chi connectivity index (χ3v) is 5.55. The lowest BCUT2D eigenvalue weighted by Crippen LogP contribution is -2.27. The van der Waals surface area contributed by atoms with E-state index < -0.39 is 6.03 Å². The fourth-order valence-corrected chi connectivity index (χ4v) is 3.80. The molecule has 4 aromatic rings. The Hall–Kier alpha value is -3.36. The van der Waals surface area contributed by atoms with E-state index in [1.807, 2.05) is 12.1 Å². The van der Waals surface area contributed by atoms with Crippen molar-refractivity contribution in [1.29, 1.82) is 0 Å². The summed E-state index contributed by atoms with van der Waals surface area (Å²) in [6.45, 7) is 0. The largest absolute Gasteiger partial charge is 0.495 e. The van der Waals surface area contributed by atoms with Gasteiger partial charge >= 0.3 is 6.03 Å². The molecular formula is C22H18ClN3O4S. The Balaban J connectivity index is 1.69. The maximum absolute atomic E-state index is 12.9. The molecule has 0 aliphatic rings. The zero-order valence-electron chi connectivity index (χ0n) is 16.6. The van der Waals surface area contributed by atoms with Crippen molar-refractivity contribution < 1.29 is 14.3 Å². The number of fused-ring (bicyclic) bond motifs is 3. The zero-order chi connectivity index (χ0) is 22.1. The summed E-state index contributed by atoms with van der Waals surface area (Å²) >= 11 is 10.5. The molecule has 0 unspecified atom stereocenters. The molecule has 2 amide bonds. The number of anilines is 2. The summed E-state index contributed by atoms with van der Waals surface area (Å²) < 4.78 is 11.6. The number of aromatic amines is 1. The number of pyridine rings is 1. The van der Waals surface area contributed by atoms with E-state index in [0.29, 0.717) is 38.8 Å². The van der Waals surface area contributed by atoms with E-state index in [1.165, 1.54) is 20.3 Å². The Labute approximate surface area is 188 Å². The molecule has 1 heterocycles. The number of amides is 2. The van der Waals surface area contributed by atoms with Gasteiger partial charge in [-0.25, -0.2) is 9.10 Å². The molecule has 7 nitrogen and oxygen atoms in total. The fraction of sp³-hybridized carbons (Fsp3) is 0.0909. The van der Waals surface area contributed by atoms with Crippen molar-refractivity contribution in [3.05, 3.63) is 70.0 Å². The fourth-order valence-electron chi connectivity index (χ4n) is 3.35. The first-order valence-electron chi connectivity index (χ1n) is 9.19. The number of thiol groups is 1. The van der Waals surface area contributed by atoms with Gasteiger partial charge in [0.2, 0.25) is 0 Å². The average Bonchev–Trinajstić information content (AvgIpc) is 2.79. The number of methoxy groups -OCH3 is 2. The van der Waals surface area contributed by atoms with Crippen molar-refractivity contribution >= 4 is 63.5 Å². The molecule has 0 saturated heterocycles. The zero-order valence-corrected chi connectivity index (χ0v) is 18.3. The van der Waals surface area contributed by atoms with Crippen molar-refractivity contribution in [2.75, 3.05) is 23.8 Å². The Bertz CT molecular complexity index is 1370. The second kappa shape index (κ2) is 8.41. The average molecular weight is 456 g/mol. The van der Waals surface area contributed by atoms with Crippen LogP contribution in [0.3, 0.4) is 0 Å². The number of urea groups is 1. The number of ether oxygens (including phenoxy) is 2. The number of H-pyrrole nitrogens is 1. The number of aromatic nitrogens is 1. The van der Waals surface area contributed by atoms with Crippen LogP contribution in [0.5, 0.6) is 11.5 Å². The maximum atomic E-state index is 12.9. The van der Waals surface area contributed by atoms with Gasteiger partial charge in [-0.2, -0.15) is 0 Å². The van der Waals surface area contributed by atoms with Crippen molar-refractivity contribution in [2.24, 2.45) is 0 Å². The van der Waals surface area contributed by atoms with Gasteiger partial charge in [0.05, 0.1) is 19.2 Å². The number of hydrogen-bond acceptors (Lipinski definition) is 5. The van der Waals surface area contributed by atoms with Crippen molar-refractivity contribution in [3.63, 3.8) is 0 Å². The SMILES string of the molecule is COc1cc(OC)c(N(S)C(=O)Nc2ccc3[nH]c(=O)c4ccccc4c3c2)cc1Cl. The molecule has 9 heteroatoms. The lowest BCUT2D eigenvalue weighted by molar-refractivity contribution is 0.260. The molecule has 0 radical (unpaired) electrons. The minimum absolute atomic E-state index is 0.162. The van der Waals surface area contributed by atoms with E-state index in [4.69, 9.17) is 21.1 Å². The molecule has 0 aliphatic carbocycles. The van der Waals surface area contributed by atoms with Crippen LogP contribution in [0.25, 0.3) is 21.7 Å². The van der Waals surface area contributed by atoms with Crippen molar-refractivity contribution in [2.45, 2.75) is 0 Å².